The lowest BCUT2D eigenvalue weighted by Gasteiger charge is -2.06. The summed E-state index contributed by atoms with van der Waals surface area (Å²) in [6, 6.07) is 5.21. The molecule has 6 heteroatoms. The zero-order valence-corrected chi connectivity index (χ0v) is 11.8. The quantitative estimate of drug-likeness (QED) is 0.860. The largest absolute Gasteiger partial charge is 0.320 e. The van der Waals surface area contributed by atoms with E-state index in [4.69, 9.17) is 11.6 Å². The number of amides is 1. The molecule has 4 nitrogen and oxygen atoms in total. The van der Waals surface area contributed by atoms with E-state index in [1.165, 1.54) is 6.20 Å². The van der Waals surface area contributed by atoms with Gasteiger partial charge >= 0.3 is 0 Å². The zero-order valence-electron chi connectivity index (χ0n) is 9.45. The summed E-state index contributed by atoms with van der Waals surface area (Å²) >= 11 is 9.12. The van der Waals surface area contributed by atoms with Crippen molar-refractivity contribution in [2.24, 2.45) is 0 Å². The maximum absolute atomic E-state index is 12.0. The van der Waals surface area contributed by atoms with Gasteiger partial charge in [0.2, 0.25) is 0 Å². The molecule has 0 atom stereocenters. The van der Waals surface area contributed by atoms with Crippen molar-refractivity contribution in [3.05, 3.63) is 51.5 Å². The van der Waals surface area contributed by atoms with Gasteiger partial charge in [-0.05, 0) is 41.1 Å². The summed E-state index contributed by atoms with van der Waals surface area (Å²) < 4.78 is 0.694. The van der Waals surface area contributed by atoms with Crippen molar-refractivity contribution < 1.29 is 4.79 Å². The van der Waals surface area contributed by atoms with Gasteiger partial charge in [-0.3, -0.25) is 9.78 Å². The first-order valence-electron chi connectivity index (χ1n) is 5.11. The van der Waals surface area contributed by atoms with Crippen LogP contribution >= 0.6 is 27.5 Å². The lowest BCUT2D eigenvalue weighted by Crippen LogP contribution is -2.13. The number of aryl methyl sites for hydroxylation is 1. The predicted octanol–water partition coefficient (Wildman–Crippen LogP) is 3.45. The number of rotatable bonds is 2. The Hall–Kier alpha value is -1.46. The van der Waals surface area contributed by atoms with E-state index in [9.17, 15) is 4.79 Å². The summed E-state index contributed by atoms with van der Waals surface area (Å²) in [4.78, 5) is 20.0. The number of carbonyl (C=O) groups excluding carboxylic acids is 1. The molecule has 0 spiro atoms. The molecule has 2 aromatic rings. The first kappa shape index (κ1) is 13.0. The van der Waals surface area contributed by atoms with Gasteiger partial charge in [0.25, 0.3) is 5.91 Å². The van der Waals surface area contributed by atoms with Crippen LogP contribution in [0, 0.1) is 6.92 Å². The van der Waals surface area contributed by atoms with Crippen LogP contribution in [-0.4, -0.2) is 15.9 Å². The Morgan fingerprint density at radius 3 is 2.78 bits per heavy atom. The topological polar surface area (TPSA) is 54.9 Å². The minimum absolute atomic E-state index is 0.163. The van der Waals surface area contributed by atoms with Gasteiger partial charge in [-0.15, -0.1) is 0 Å². The molecule has 2 aromatic heterocycles. The molecule has 2 heterocycles. The number of anilines is 1. The highest BCUT2D eigenvalue weighted by Gasteiger charge is 2.12. The van der Waals surface area contributed by atoms with Crippen molar-refractivity contribution in [1.82, 2.24) is 9.97 Å². The van der Waals surface area contributed by atoms with Crippen molar-refractivity contribution >= 4 is 39.1 Å². The predicted molar refractivity (Wildman–Crippen MR) is 73.9 cm³/mol. The highest BCUT2D eigenvalue weighted by atomic mass is 79.9. The van der Waals surface area contributed by atoms with E-state index in [-0.39, 0.29) is 11.1 Å². The summed E-state index contributed by atoms with van der Waals surface area (Å²) in [5.41, 5.74) is 1.81. The van der Waals surface area contributed by atoms with E-state index in [1.807, 2.05) is 13.0 Å². The van der Waals surface area contributed by atoms with Gasteiger partial charge < -0.3 is 5.32 Å². The molecule has 2 rings (SSSR count). The van der Waals surface area contributed by atoms with Crippen LogP contribution in [0.25, 0.3) is 0 Å². The molecule has 0 aliphatic rings. The summed E-state index contributed by atoms with van der Waals surface area (Å²) in [6.07, 6.45) is 3.12. The number of nitrogens with one attached hydrogen (secondary N) is 1. The number of hydrogen-bond acceptors (Lipinski definition) is 3. The molecule has 0 saturated carbocycles. The van der Waals surface area contributed by atoms with E-state index in [1.54, 1.807) is 18.3 Å². The lowest BCUT2D eigenvalue weighted by atomic mass is 10.2. The molecule has 0 bridgehead atoms. The molecule has 1 N–H and O–H groups in total. The lowest BCUT2D eigenvalue weighted by molar-refractivity contribution is 0.102. The van der Waals surface area contributed by atoms with Gasteiger partial charge in [0.05, 0.1) is 17.4 Å². The minimum Gasteiger partial charge on any atom is -0.320 e. The van der Waals surface area contributed by atoms with Crippen LogP contribution < -0.4 is 5.32 Å². The van der Waals surface area contributed by atoms with Crippen LogP contribution in [-0.2, 0) is 0 Å². The number of pyridine rings is 2. The van der Waals surface area contributed by atoms with E-state index in [0.717, 1.165) is 5.69 Å². The Morgan fingerprint density at radius 1 is 1.33 bits per heavy atom. The normalized spacial score (nSPS) is 10.2. The van der Waals surface area contributed by atoms with Gasteiger partial charge in [-0.2, -0.15) is 0 Å². The standard InChI is InChI=1S/C12H9BrClN3O/c1-7-2-3-9(6-15-7)17-12(18)10-4-8(13)5-16-11(10)14/h2-6H,1H3,(H,17,18). The van der Waals surface area contributed by atoms with Crippen LogP contribution in [0.4, 0.5) is 5.69 Å². The molecule has 0 fully saturated rings. The molecule has 18 heavy (non-hydrogen) atoms. The Balaban J connectivity index is 2.21. The van der Waals surface area contributed by atoms with Crippen molar-refractivity contribution in [3.8, 4) is 0 Å². The number of aromatic nitrogens is 2. The van der Waals surface area contributed by atoms with Crippen LogP contribution in [0.1, 0.15) is 16.1 Å². The maximum Gasteiger partial charge on any atom is 0.258 e. The van der Waals surface area contributed by atoms with Gasteiger partial charge in [-0.25, -0.2) is 4.98 Å². The second-order valence-corrected chi connectivity index (χ2v) is 4.91. The van der Waals surface area contributed by atoms with E-state index in [0.29, 0.717) is 15.7 Å². The Kier molecular flexibility index (Phi) is 3.93. The monoisotopic (exact) mass is 325 g/mol. The summed E-state index contributed by atoms with van der Waals surface area (Å²) in [6.45, 7) is 1.88. The van der Waals surface area contributed by atoms with Crippen LogP contribution in [0.3, 0.4) is 0 Å². The molecule has 0 aromatic carbocycles. The fourth-order valence-electron chi connectivity index (χ4n) is 1.32. The smallest absolute Gasteiger partial charge is 0.258 e. The van der Waals surface area contributed by atoms with Gasteiger partial charge in [0.1, 0.15) is 5.15 Å². The summed E-state index contributed by atoms with van der Waals surface area (Å²) in [5.74, 6) is -0.320. The van der Waals surface area contributed by atoms with Crippen LogP contribution in [0.2, 0.25) is 5.15 Å². The molecule has 1 amide bonds. The third-order valence-electron chi connectivity index (χ3n) is 2.22. The Labute approximate surface area is 118 Å². The fourth-order valence-corrected chi connectivity index (χ4v) is 1.84. The van der Waals surface area contributed by atoms with E-state index >= 15 is 0 Å². The van der Waals surface area contributed by atoms with Crippen molar-refractivity contribution in [2.75, 3.05) is 5.32 Å². The van der Waals surface area contributed by atoms with Crippen LogP contribution in [0.5, 0.6) is 0 Å². The van der Waals surface area contributed by atoms with Crippen LogP contribution in [0.15, 0.2) is 35.1 Å². The first-order chi connectivity index (χ1) is 8.56. The molecular formula is C12H9BrClN3O. The zero-order chi connectivity index (χ0) is 13.1. The fraction of sp³-hybridized carbons (Fsp3) is 0.0833. The van der Waals surface area contributed by atoms with E-state index < -0.39 is 0 Å². The molecule has 92 valence electrons. The van der Waals surface area contributed by atoms with Gasteiger partial charge in [-0.1, -0.05) is 11.6 Å². The number of carbonyl (C=O) groups is 1. The SMILES string of the molecule is Cc1ccc(NC(=O)c2cc(Br)cnc2Cl)cn1. The molecule has 0 aliphatic carbocycles. The minimum atomic E-state index is -0.320. The Bertz CT molecular complexity index is 586. The second kappa shape index (κ2) is 5.46. The average molecular weight is 327 g/mol. The Morgan fingerprint density at radius 2 is 2.11 bits per heavy atom. The number of halogens is 2. The number of hydrogen-bond donors (Lipinski definition) is 1. The summed E-state index contributed by atoms with van der Waals surface area (Å²) in [7, 11) is 0. The highest BCUT2D eigenvalue weighted by molar-refractivity contribution is 9.10. The maximum atomic E-state index is 12.0. The molecule has 0 aliphatic heterocycles. The van der Waals surface area contributed by atoms with Gasteiger partial charge in [0, 0.05) is 16.4 Å². The first-order valence-corrected chi connectivity index (χ1v) is 6.28. The molecule has 0 saturated heterocycles. The number of nitrogens with zero attached hydrogens (tertiary/aromatic N) is 2. The molecule has 0 radical (unpaired) electrons. The molecular weight excluding hydrogens is 318 g/mol. The van der Waals surface area contributed by atoms with Crippen molar-refractivity contribution in [1.29, 1.82) is 0 Å². The van der Waals surface area contributed by atoms with Crippen molar-refractivity contribution in [2.45, 2.75) is 6.92 Å². The second-order valence-electron chi connectivity index (χ2n) is 3.63. The average Bonchev–Trinajstić information content (AvgIpc) is 2.35. The third-order valence-corrected chi connectivity index (χ3v) is 2.95. The van der Waals surface area contributed by atoms with Crippen molar-refractivity contribution in [3.63, 3.8) is 0 Å². The highest BCUT2D eigenvalue weighted by Crippen LogP contribution is 2.19. The van der Waals surface area contributed by atoms with E-state index in [2.05, 4.69) is 31.2 Å². The summed E-state index contributed by atoms with van der Waals surface area (Å²) in [5, 5.41) is 2.87. The molecule has 0 unspecified atom stereocenters. The van der Waals surface area contributed by atoms with Gasteiger partial charge in [0.15, 0.2) is 0 Å². The third kappa shape index (κ3) is 3.05.